The number of carbonyl (C=O) groups is 2. The van der Waals surface area contributed by atoms with Gasteiger partial charge in [-0.15, -0.1) is 0 Å². The number of carbonyl (C=O) groups excluding carboxylic acids is 2. The number of amides is 1. The molecule has 32 heavy (non-hydrogen) atoms. The lowest BCUT2D eigenvalue weighted by atomic mass is 9.96. The van der Waals surface area contributed by atoms with Crippen LogP contribution in [0.2, 0.25) is 0 Å². The molecule has 1 unspecified atom stereocenters. The van der Waals surface area contributed by atoms with Gasteiger partial charge in [-0.1, -0.05) is 5.16 Å². The Morgan fingerprint density at radius 3 is 2.69 bits per heavy atom. The average molecular weight is 442 g/mol. The molecule has 1 amide bonds. The van der Waals surface area contributed by atoms with Crippen molar-refractivity contribution in [2.24, 2.45) is 5.92 Å². The van der Waals surface area contributed by atoms with Crippen molar-refractivity contribution in [3.8, 4) is 11.4 Å². The maximum absolute atomic E-state index is 13.9. The van der Waals surface area contributed by atoms with E-state index in [0.29, 0.717) is 30.3 Å². The maximum atomic E-state index is 13.9. The minimum absolute atomic E-state index is 0.164. The molecule has 0 spiro atoms. The quantitative estimate of drug-likeness (QED) is 0.557. The van der Waals surface area contributed by atoms with E-state index in [1.807, 2.05) is 0 Å². The Hall–Kier alpha value is -3.69. The molecule has 1 aromatic carbocycles. The van der Waals surface area contributed by atoms with Crippen molar-refractivity contribution in [1.29, 1.82) is 0 Å². The number of hydrogen-bond acceptors (Lipinski definition) is 7. The number of rotatable bonds is 5. The van der Waals surface area contributed by atoms with Crippen LogP contribution in [0.25, 0.3) is 11.4 Å². The Morgan fingerprint density at radius 1 is 1.22 bits per heavy atom. The minimum Gasteiger partial charge on any atom is -0.452 e. The molecule has 1 aliphatic heterocycles. The molecule has 8 nitrogen and oxygen atoms in total. The third-order valence-electron chi connectivity index (χ3n) is 5.28. The van der Waals surface area contributed by atoms with Crippen molar-refractivity contribution in [2.75, 3.05) is 13.1 Å². The van der Waals surface area contributed by atoms with Gasteiger partial charge in [-0.2, -0.15) is 4.98 Å². The van der Waals surface area contributed by atoms with E-state index in [1.54, 1.807) is 31.5 Å². The van der Waals surface area contributed by atoms with Crippen LogP contribution in [0.4, 0.5) is 8.78 Å². The first-order valence-corrected chi connectivity index (χ1v) is 10.1. The first-order chi connectivity index (χ1) is 15.4. The molecule has 1 aliphatic rings. The van der Waals surface area contributed by atoms with E-state index in [9.17, 15) is 18.4 Å². The van der Waals surface area contributed by atoms with E-state index >= 15 is 0 Å². The molecule has 3 heterocycles. The Balaban J connectivity index is 1.32. The van der Waals surface area contributed by atoms with Gasteiger partial charge in [-0.25, -0.2) is 8.78 Å². The van der Waals surface area contributed by atoms with Crippen LogP contribution in [0.1, 0.15) is 42.1 Å². The van der Waals surface area contributed by atoms with Crippen LogP contribution >= 0.6 is 0 Å². The van der Waals surface area contributed by atoms with Crippen molar-refractivity contribution in [3.63, 3.8) is 0 Å². The summed E-state index contributed by atoms with van der Waals surface area (Å²) < 4.78 is 37.7. The number of piperidine rings is 1. The van der Waals surface area contributed by atoms with Gasteiger partial charge < -0.3 is 14.2 Å². The number of halogens is 2. The maximum Gasteiger partial charge on any atom is 0.309 e. The van der Waals surface area contributed by atoms with E-state index in [0.717, 1.165) is 12.1 Å². The van der Waals surface area contributed by atoms with Gasteiger partial charge in [0.1, 0.15) is 11.6 Å². The molecular weight excluding hydrogens is 422 g/mol. The first-order valence-electron chi connectivity index (χ1n) is 10.1. The Kier molecular flexibility index (Phi) is 6.20. The fourth-order valence-electron chi connectivity index (χ4n) is 3.49. The summed E-state index contributed by atoms with van der Waals surface area (Å²) in [5, 5.41) is 3.88. The topological polar surface area (TPSA) is 98.4 Å². The zero-order valence-corrected chi connectivity index (χ0v) is 17.2. The monoisotopic (exact) mass is 442 g/mol. The molecule has 1 fully saturated rings. The summed E-state index contributed by atoms with van der Waals surface area (Å²) >= 11 is 0. The highest BCUT2D eigenvalue weighted by Gasteiger charge is 2.31. The number of pyridine rings is 1. The van der Waals surface area contributed by atoms with Crippen LogP contribution in [0.15, 0.2) is 47.2 Å². The zero-order chi connectivity index (χ0) is 22.7. The number of hydrogen-bond donors (Lipinski definition) is 0. The fraction of sp³-hybridized carbons (Fsp3) is 0.318. The summed E-state index contributed by atoms with van der Waals surface area (Å²) in [6.07, 6.45) is 3.21. The van der Waals surface area contributed by atoms with Gasteiger partial charge in [0.15, 0.2) is 6.10 Å². The average Bonchev–Trinajstić information content (AvgIpc) is 3.30. The van der Waals surface area contributed by atoms with Crippen molar-refractivity contribution in [1.82, 2.24) is 20.0 Å². The van der Waals surface area contributed by atoms with Crippen molar-refractivity contribution in [2.45, 2.75) is 25.9 Å². The van der Waals surface area contributed by atoms with Gasteiger partial charge in [-0.3, -0.25) is 14.6 Å². The highest BCUT2D eigenvalue weighted by atomic mass is 19.1. The molecular formula is C22H20F2N4O4. The molecule has 0 aliphatic carbocycles. The van der Waals surface area contributed by atoms with Crippen LogP contribution in [-0.2, 0) is 9.53 Å². The van der Waals surface area contributed by atoms with Crippen LogP contribution in [0.5, 0.6) is 0 Å². The van der Waals surface area contributed by atoms with Crippen LogP contribution < -0.4 is 0 Å². The van der Waals surface area contributed by atoms with Crippen LogP contribution in [0, 0.1) is 17.6 Å². The third kappa shape index (κ3) is 4.63. The standard InChI is InChI=1S/C22H20F2N4O4/c1-13(20-26-19(27-32-20)15-3-2-8-25-12-15)31-22(30)14-6-9-28(10-7-14)21(29)17-5-4-16(23)11-18(17)24/h2-5,8,11-14H,6-7,9-10H2,1H3. The SMILES string of the molecule is CC(OC(=O)C1CCN(C(=O)c2ccc(F)cc2F)CC1)c1nc(-c2cccnc2)no1. The number of nitrogens with zero attached hydrogens (tertiary/aromatic N) is 4. The van der Waals surface area contributed by atoms with Gasteiger partial charge in [0.25, 0.3) is 11.8 Å². The fourth-order valence-corrected chi connectivity index (χ4v) is 3.49. The van der Waals surface area contributed by atoms with E-state index < -0.39 is 35.5 Å². The Morgan fingerprint density at radius 2 is 2.00 bits per heavy atom. The van der Waals surface area contributed by atoms with E-state index in [4.69, 9.17) is 9.26 Å². The summed E-state index contributed by atoms with van der Waals surface area (Å²) in [5.74, 6) is -2.53. The smallest absolute Gasteiger partial charge is 0.309 e. The Labute approximate surface area is 182 Å². The molecule has 0 saturated carbocycles. The second kappa shape index (κ2) is 9.21. The summed E-state index contributed by atoms with van der Waals surface area (Å²) in [6.45, 7) is 2.15. The minimum atomic E-state index is -0.907. The van der Waals surface area contributed by atoms with Gasteiger partial charge >= 0.3 is 5.97 Å². The Bertz CT molecular complexity index is 1110. The highest BCUT2D eigenvalue weighted by Crippen LogP contribution is 2.25. The predicted octanol–water partition coefficient (Wildman–Crippen LogP) is 3.57. The molecule has 10 heteroatoms. The van der Waals surface area contributed by atoms with Gasteiger partial charge in [0, 0.05) is 37.1 Å². The molecule has 2 aromatic heterocycles. The highest BCUT2D eigenvalue weighted by molar-refractivity contribution is 5.94. The molecule has 0 N–H and O–H groups in total. The lowest BCUT2D eigenvalue weighted by Gasteiger charge is -2.31. The van der Waals surface area contributed by atoms with Crippen molar-refractivity contribution in [3.05, 3.63) is 65.8 Å². The van der Waals surface area contributed by atoms with Gasteiger partial charge in [0.2, 0.25) is 5.82 Å². The lowest BCUT2D eigenvalue weighted by molar-refractivity contribution is -0.156. The van der Waals surface area contributed by atoms with Gasteiger partial charge in [0.05, 0.1) is 11.5 Å². The predicted molar refractivity (Wildman–Crippen MR) is 107 cm³/mol. The molecule has 0 bridgehead atoms. The summed E-state index contributed by atoms with van der Waals surface area (Å²) in [4.78, 5) is 34.8. The van der Waals surface area contributed by atoms with E-state index in [2.05, 4.69) is 15.1 Å². The number of likely N-dealkylation sites (tertiary alicyclic amines) is 1. The summed E-state index contributed by atoms with van der Waals surface area (Å²) in [5.41, 5.74) is 0.484. The zero-order valence-electron chi connectivity index (χ0n) is 17.2. The molecule has 1 saturated heterocycles. The molecule has 4 rings (SSSR count). The van der Waals surface area contributed by atoms with Crippen LogP contribution in [0.3, 0.4) is 0 Å². The van der Waals surface area contributed by atoms with E-state index in [-0.39, 0.29) is 24.5 Å². The largest absolute Gasteiger partial charge is 0.452 e. The number of aromatic nitrogens is 3. The van der Waals surface area contributed by atoms with Gasteiger partial charge in [-0.05, 0) is 44.0 Å². The van der Waals surface area contributed by atoms with Crippen molar-refractivity contribution >= 4 is 11.9 Å². The van der Waals surface area contributed by atoms with Crippen LogP contribution in [-0.4, -0.2) is 45.0 Å². The normalized spacial score (nSPS) is 15.4. The number of benzene rings is 1. The van der Waals surface area contributed by atoms with E-state index in [1.165, 1.54) is 4.90 Å². The molecule has 0 radical (unpaired) electrons. The number of esters is 1. The summed E-state index contributed by atoms with van der Waals surface area (Å²) in [6, 6.07) is 6.37. The lowest BCUT2D eigenvalue weighted by Crippen LogP contribution is -2.41. The number of ether oxygens (including phenoxy) is 1. The van der Waals surface area contributed by atoms with Crippen molar-refractivity contribution < 1.29 is 27.6 Å². The second-order valence-electron chi connectivity index (χ2n) is 7.47. The molecule has 3 aromatic rings. The molecule has 1 atom stereocenters. The first kappa shape index (κ1) is 21.5. The third-order valence-corrected chi connectivity index (χ3v) is 5.28. The molecule has 166 valence electrons. The second-order valence-corrected chi connectivity index (χ2v) is 7.47. The summed E-state index contributed by atoms with van der Waals surface area (Å²) in [7, 11) is 0.